The highest BCUT2D eigenvalue weighted by molar-refractivity contribution is 6.10. The van der Waals surface area contributed by atoms with Crippen LogP contribution in [0.2, 0.25) is 0 Å². The second kappa shape index (κ2) is 12.5. The first-order valence-corrected chi connectivity index (χ1v) is 17.8. The molecule has 2 heterocycles. The van der Waals surface area contributed by atoms with Crippen molar-refractivity contribution in [1.29, 1.82) is 0 Å². The molecule has 9 aromatic rings. The first-order chi connectivity index (χ1) is 25.8. The van der Waals surface area contributed by atoms with Crippen molar-refractivity contribution in [3.8, 4) is 11.1 Å². The summed E-state index contributed by atoms with van der Waals surface area (Å²) in [5, 5.41) is 4.59. The molecule has 0 saturated carbocycles. The molecule has 0 aliphatic heterocycles. The van der Waals surface area contributed by atoms with Gasteiger partial charge in [0.2, 0.25) is 0 Å². The van der Waals surface area contributed by atoms with Gasteiger partial charge in [-0.1, -0.05) is 115 Å². The molecule has 0 unspecified atom stereocenters. The number of anilines is 5. The van der Waals surface area contributed by atoms with Gasteiger partial charge in [0, 0.05) is 44.1 Å². The van der Waals surface area contributed by atoms with Gasteiger partial charge in [-0.3, -0.25) is 0 Å². The number of hydrogen-bond acceptors (Lipinski definition) is 4. The van der Waals surface area contributed by atoms with Gasteiger partial charge in [-0.2, -0.15) is 0 Å². The zero-order valence-corrected chi connectivity index (χ0v) is 28.4. The van der Waals surface area contributed by atoms with E-state index >= 15 is 0 Å². The molecule has 52 heavy (non-hydrogen) atoms. The molecule has 1 aliphatic carbocycles. The molecule has 4 heteroatoms. The Labute approximate surface area is 301 Å². The molecule has 1 aliphatic rings. The number of para-hydroxylation sites is 5. The van der Waals surface area contributed by atoms with Crippen LogP contribution < -0.4 is 20.4 Å². The average molecular weight is 671 g/mol. The molecular weight excluding hydrogens is 637 g/mol. The van der Waals surface area contributed by atoms with E-state index in [0.717, 1.165) is 85.3 Å². The van der Waals surface area contributed by atoms with Crippen LogP contribution in [-0.4, -0.2) is 0 Å². The van der Waals surface area contributed by atoms with E-state index < -0.39 is 0 Å². The molecule has 0 amide bonds. The largest absolute Gasteiger partial charge is 0.454 e. The van der Waals surface area contributed by atoms with Crippen molar-refractivity contribution in [3.05, 3.63) is 187 Å². The van der Waals surface area contributed by atoms with Crippen molar-refractivity contribution < 1.29 is 8.83 Å². The van der Waals surface area contributed by atoms with Gasteiger partial charge >= 0.3 is 0 Å². The summed E-state index contributed by atoms with van der Waals surface area (Å²) in [6.45, 7) is 0. The second-order valence-electron chi connectivity index (χ2n) is 13.2. The van der Waals surface area contributed by atoms with Crippen LogP contribution in [0.3, 0.4) is 0 Å². The predicted molar refractivity (Wildman–Crippen MR) is 215 cm³/mol. The van der Waals surface area contributed by atoms with E-state index in [1.807, 2.05) is 18.2 Å². The third-order valence-corrected chi connectivity index (χ3v) is 10.1. The number of hydrogen-bond donors (Lipinski definition) is 0. The van der Waals surface area contributed by atoms with Gasteiger partial charge < -0.3 is 18.6 Å². The topological polar surface area (TPSA) is 32.8 Å². The normalized spacial score (nSPS) is 12.6. The molecule has 0 spiro atoms. The molecule has 0 bridgehead atoms. The number of nitrogens with zero attached hydrogens (tertiary/aromatic N) is 2. The minimum atomic E-state index is 0.874. The van der Waals surface area contributed by atoms with Crippen LogP contribution in [0, 0.1) is 0 Å². The summed E-state index contributed by atoms with van der Waals surface area (Å²) >= 11 is 0. The summed E-state index contributed by atoms with van der Waals surface area (Å²) < 4.78 is 13.0. The predicted octanol–water partition coefficient (Wildman–Crippen LogP) is 12.0. The molecular formula is C48H34N2O2. The monoisotopic (exact) mass is 670 g/mol. The van der Waals surface area contributed by atoms with Crippen molar-refractivity contribution in [2.75, 3.05) is 9.80 Å². The molecule has 0 N–H and O–H groups in total. The smallest absolute Gasteiger partial charge is 0.159 e. The Kier molecular flexibility index (Phi) is 7.24. The van der Waals surface area contributed by atoms with Crippen molar-refractivity contribution in [2.45, 2.75) is 12.8 Å². The first kappa shape index (κ1) is 30.1. The fourth-order valence-electron chi connectivity index (χ4n) is 7.72. The van der Waals surface area contributed by atoms with E-state index in [2.05, 4.69) is 174 Å². The maximum absolute atomic E-state index is 6.53. The molecule has 7 aromatic carbocycles. The molecule has 4 nitrogen and oxygen atoms in total. The highest BCUT2D eigenvalue weighted by atomic mass is 16.3. The average Bonchev–Trinajstić information content (AvgIpc) is 3.79. The van der Waals surface area contributed by atoms with E-state index in [1.165, 1.54) is 16.3 Å². The molecule has 0 fully saturated rings. The van der Waals surface area contributed by atoms with Gasteiger partial charge in [0.05, 0.1) is 11.4 Å². The van der Waals surface area contributed by atoms with E-state index in [9.17, 15) is 0 Å². The highest BCUT2D eigenvalue weighted by Crippen LogP contribution is 2.42. The second-order valence-corrected chi connectivity index (χ2v) is 13.2. The summed E-state index contributed by atoms with van der Waals surface area (Å²) in [7, 11) is 0. The van der Waals surface area contributed by atoms with Crippen LogP contribution >= 0.6 is 0 Å². The van der Waals surface area contributed by atoms with Gasteiger partial charge in [-0.25, -0.2) is 0 Å². The fraction of sp³-hybridized carbons (Fsp3) is 0.0417. The minimum absolute atomic E-state index is 0.874. The lowest BCUT2D eigenvalue weighted by molar-refractivity contribution is 0.566. The summed E-state index contributed by atoms with van der Waals surface area (Å²) in [5.74, 6) is 0. The number of benzene rings is 7. The standard InChI is InChI=1S/C48H34N2O2/c1-3-13-35(14-4-1)49(43-21-11-19-41-39-17-7-9-23-45(39)51-47(41)43)37-29-25-33(26-30-37)34-27-31-38(32-28-34)50(36-15-5-2-6-16-36)44-22-12-20-42-40-18-8-10-24-46(40)52-48(42)44/h1-11,13-21,23-32H,12,22H2. The van der Waals surface area contributed by atoms with Crippen LogP contribution in [0.5, 0.6) is 0 Å². The molecule has 0 saturated heterocycles. The quantitative estimate of drug-likeness (QED) is 0.169. The van der Waals surface area contributed by atoms with E-state index in [-0.39, 0.29) is 0 Å². The van der Waals surface area contributed by atoms with Crippen molar-refractivity contribution in [3.63, 3.8) is 0 Å². The Morgan fingerprint density at radius 1 is 0.404 bits per heavy atom. The van der Waals surface area contributed by atoms with Crippen molar-refractivity contribution in [2.24, 2.45) is 0 Å². The van der Waals surface area contributed by atoms with Gasteiger partial charge in [-0.15, -0.1) is 0 Å². The SMILES string of the molecule is C1=c2c(oc3ccccc23)=C(N(c2ccccc2)c2ccc(-c3ccc(N(c4ccccc4)c4cccc5c4oc4ccccc45)cc3)cc2)CC1. The number of fused-ring (bicyclic) bond motifs is 6. The Hall–Kier alpha value is -6.78. The number of rotatable bonds is 7. The van der Waals surface area contributed by atoms with Gasteiger partial charge in [0.25, 0.3) is 0 Å². The lowest BCUT2D eigenvalue weighted by atomic mass is 10.0. The summed E-state index contributed by atoms with van der Waals surface area (Å²) in [4.78, 5) is 4.64. The lowest BCUT2D eigenvalue weighted by Crippen LogP contribution is -2.32. The van der Waals surface area contributed by atoms with Crippen molar-refractivity contribution in [1.82, 2.24) is 0 Å². The van der Waals surface area contributed by atoms with Gasteiger partial charge in [-0.05, 0) is 90.7 Å². The summed E-state index contributed by atoms with van der Waals surface area (Å²) in [6.07, 6.45) is 4.17. The van der Waals surface area contributed by atoms with Crippen LogP contribution in [0.25, 0.3) is 55.8 Å². The molecule has 2 aromatic heterocycles. The van der Waals surface area contributed by atoms with Crippen LogP contribution in [0.15, 0.2) is 185 Å². The minimum Gasteiger partial charge on any atom is -0.454 e. The Bertz CT molecular complexity index is 2830. The molecule has 10 rings (SSSR count). The molecule has 0 atom stereocenters. The van der Waals surface area contributed by atoms with Crippen LogP contribution in [0.4, 0.5) is 28.4 Å². The zero-order valence-electron chi connectivity index (χ0n) is 28.4. The number of furan rings is 2. The van der Waals surface area contributed by atoms with Crippen LogP contribution in [-0.2, 0) is 0 Å². The van der Waals surface area contributed by atoms with E-state index in [1.54, 1.807) is 0 Å². The Balaban J connectivity index is 1.03. The zero-order chi connectivity index (χ0) is 34.4. The van der Waals surface area contributed by atoms with Gasteiger partial charge in [0.1, 0.15) is 11.2 Å². The third-order valence-electron chi connectivity index (χ3n) is 10.1. The summed E-state index contributed by atoms with van der Waals surface area (Å²) in [5.41, 5.74) is 12.5. The van der Waals surface area contributed by atoms with E-state index in [0.29, 0.717) is 0 Å². The first-order valence-electron chi connectivity index (χ1n) is 17.8. The van der Waals surface area contributed by atoms with Crippen molar-refractivity contribution >= 4 is 73.1 Å². The Morgan fingerprint density at radius 3 is 1.60 bits per heavy atom. The Morgan fingerprint density at radius 2 is 0.923 bits per heavy atom. The molecule has 248 valence electrons. The maximum Gasteiger partial charge on any atom is 0.159 e. The highest BCUT2D eigenvalue weighted by Gasteiger charge is 2.22. The fourth-order valence-corrected chi connectivity index (χ4v) is 7.72. The lowest BCUT2D eigenvalue weighted by Gasteiger charge is -2.28. The van der Waals surface area contributed by atoms with E-state index in [4.69, 9.17) is 8.83 Å². The van der Waals surface area contributed by atoms with Crippen LogP contribution in [0.1, 0.15) is 12.8 Å². The third kappa shape index (κ3) is 5.07. The van der Waals surface area contributed by atoms with Gasteiger partial charge in [0.15, 0.2) is 11.0 Å². The maximum atomic E-state index is 6.53. The summed E-state index contributed by atoms with van der Waals surface area (Å²) in [6, 6.07) is 61.8. The molecule has 0 radical (unpaired) electrons.